The third-order valence-electron chi connectivity index (χ3n) is 13.1. The van der Waals surface area contributed by atoms with E-state index in [0.29, 0.717) is 25.9 Å². The third-order valence-corrected chi connectivity index (χ3v) is 25.8. The molecule has 20 unspecified atom stereocenters. The number of phosphoric ester groups is 3. The van der Waals surface area contributed by atoms with Crippen LogP contribution >= 0.6 is 70.3 Å². The Morgan fingerprint density at radius 3 is 0.963 bits per heavy atom. The first kappa shape index (κ1) is 94.8. The molecule has 622 valence electrons. The number of fused-ring (bicyclic) bond motifs is 3. The number of phosphoric acid groups is 7. The van der Waals surface area contributed by atoms with Crippen molar-refractivity contribution in [3.8, 4) is 0 Å². The molecule has 20 atom stereocenters. The van der Waals surface area contributed by atoms with Crippen LogP contribution in [0.15, 0.2) is 33.4 Å². The number of H-pyrrole nitrogens is 3. The first-order chi connectivity index (χ1) is 50.3. The second-order valence-electron chi connectivity index (χ2n) is 21.2. The zero-order valence-corrected chi connectivity index (χ0v) is 63.7. The number of anilines is 3. The number of ether oxygens (including phenoxy) is 3. The van der Waals surface area contributed by atoms with Gasteiger partial charge in [-0.1, -0.05) is 27.2 Å². The van der Waals surface area contributed by atoms with E-state index >= 15 is 0 Å². The lowest BCUT2D eigenvalue weighted by molar-refractivity contribution is -0.0503. The van der Waals surface area contributed by atoms with E-state index in [0.717, 1.165) is 32.7 Å². The molecule has 69 heteroatoms. The first-order valence-corrected chi connectivity index (χ1v) is 43.7. The first-order valence-electron chi connectivity index (χ1n) is 30.0. The van der Waals surface area contributed by atoms with Gasteiger partial charge in [-0.05, 0) is 6.42 Å². The number of nitrogen functional groups attached to an aromatic ring is 3. The Hall–Kier alpha value is -4.80. The van der Waals surface area contributed by atoms with Crippen molar-refractivity contribution in [2.24, 2.45) is 17.2 Å². The van der Waals surface area contributed by atoms with Gasteiger partial charge in [-0.15, -0.1) is 0 Å². The van der Waals surface area contributed by atoms with Gasteiger partial charge in [0, 0.05) is 32.7 Å². The number of aliphatic hydroxyl groups excluding tert-OH is 6. The van der Waals surface area contributed by atoms with Gasteiger partial charge in [-0.3, -0.25) is 56.6 Å². The Balaban J connectivity index is 0.000000283. The molecule has 0 saturated carbocycles. The smallest absolute Gasteiger partial charge is 0.387 e. The predicted octanol–water partition coefficient (Wildman–Crippen LogP) is -6.12. The average molecular weight is 1760 g/mol. The number of aromatic amines is 3. The van der Waals surface area contributed by atoms with Gasteiger partial charge in [-0.2, -0.15) is 40.8 Å². The zero-order valence-electron chi connectivity index (χ0n) is 55.7. The van der Waals surface area contributed by atoms with E-state index in [-0.39, 0.29) is 71.0 Å². The van der Waals surface area contributed by atoms with Gasteiger partial charge in [0.05, 0.1) is 38.8 Å². The van der Waals surface area contributed by atoms with Crippen molar-refractivity contribution < 1.29 is 174 Å². The molecule has 3 aliphatic rings. The van der Waals surface area contributed by atoms with Crippen LogP contribution in [0.25, 0.3) is 33.5 Å². The summed E-state index contributed by atoms with van der Waals surface area (Å²) < 4.78 is 161. The van der Waals surface area contributed by atoms with Crippen molar-refractivity contribution >= 4 is 122 Å². The van der Waals surface area contributed by atoms with Crippen LogP contribution in [-0.4, -0.2) is 246 Å². The molecule has 0 spiro atoms. The molecule has 33 N–H and O–H groups in total. The summed E-state index contributed by atoms with van der Waals surface area (Å²) in [6.07, 6.45) is -14.7. The molecule has 0 bridgehead atoms. The summed E-state index contributed by atoms with van der Waals surface area (Å²) in [5.41, 5.74) is 28.6. The van der Waals surface area contributed by atoms with Crippen LogP contribution < -0.4 is 61.3 Å². The highest BCUT2D eigenvalue weighted by Crippen LogP contribution is 2.69. The minimum atomic E-state index is -5.73. The summed E-state index contributed by atoms with van der Waals surface area (Å²) in [6, 6.07) is 0. The number of unbranched alkanes of at least 4 members (excludes halogenated alkanes) is 1. The molecular formula is C40H77N20O40P9. The number of nitrogens with one attached hydrogen (secondary N) is 5. The lowest BCUT2D eigenvalue weighted by Gasteiger charge is -2.20. The quantitative estimate of drug-likeness (QED) is 0.0138. The Bertz CT molecular complexity index is 4720. The predicted molar refractivity (Wildman–Crippen MR) is 360 cm³/mol. The highest BCUT2D eigenvalue weighted by atomic mass is 31.3. The van der Waals surface area contributed by atoms with Gasteiger partial charge in [0.15, 0.2) is 52.2 Å². The molecule has 0 amide bonds. The zero-order chi connectivity index (χ0) is 82.5. The minimum absolute atomic E-state index is 0.0549. The van der Waals surface area contributed by atoms with Crippen molar-refractivity contribution in [2.45, 2.75) is 107 Å². The lowest BCUT2D eigenvalue weighted by atomic mass is 10.1. The maximum atomic E-state index is 12.1. The van der Waals surface area contributed by atoms with Gasteiger partial charge < -0.3 is 128 Å². The lowest BCUT2D eigenvalue weighted by Crippen LogP contribution is -2.33. The fraction of sp³-hybridized carbons (Fsp3) is 0.625. The molecule has 109 heavy (non-hydrogen) atoms. The number of rotatable bonds is 32. The summed E-state index contributed by atoms with van der Waals surface area (Å²) in [7, 11) is -48.7. The maximum Gasteiger partial charge on any atom is 0.490 e. The number of hydrogen-bond acceptors (Lipinski definition) is 42. The van der Waals surface area contributed by atoms with Gasteiger partial charge in [0.1, 0.15) is 54.9 Å². The van der Waals surface area contributed by atoms with E-state index in [9.17, 15) is 120 Å². The summed E-state index contributed by atoms with van der Waals surface area (Å²) >= 11 is 0. The fourth-order valence-corrected chi connectivity index (χ4v) is 19.3. The number of nitrogens with two attached hydrogens (primary N) is 6. The molecule has 0 aromatic carbocycles. The van der Waals surface area contributed by atoms with Gasteiger partial charge in [0.25, 0.3) is 16.7 Å². The van der Waals surface area contributed by atoms with Crippen LogP contribution in [0.4, 0.5) is 17.8 Å². The van der Waals surface area contributed by atoms with E-state index in [1.54, 1.807) is 12.0 Å². The molecular weight excluding hydrogens is 1680 g/mol. The van der Waals surface area contributed by atoms with Gasteiger partial charge in [0.2, 0.25) is 17.8 Å². The number of nitrogens with zero attached hydrogens (tertiary/aromatic N) is 9. The number of aliphatic hydroxyl groups is 6. The molecule has 9 heterocycles. The highest BCUT2D eigenvalue weighted by Gasteiger charge is 2.51. The Morgan fingerprint density at radius 2 is 0.706 bits per heavy atom. The SMILES string of the molecule is CC.CCCCNP(=O)(O)OP(=O)(O)OP(=O)(O)OCC1OC(n2cnc3c(=O)[nH]c(N)nc32)C(O)C1O.NCCN.NCCNP(=O)(O)OP(=O)(O)OP(=O)(O)OCC1OC(n2cnc3c(=O)[nH]c(N)nc32)C(O)C1O.Nc1nc2c(ncn2C2OC(COP(=O)(O)OP(=O)(O)OP(=O)(O)O)C(O)C2O)c(=O)[nH]1. The largest absolute Gasteiger partial charge is 0.490 e. The van der Waals surface area contributed by atoms with Crippen molar-refractivity contribution in [2.75, 3.05) is 69.7 Å². The van der Waals surface area contributed by atoms with Gasteiger partial charge >= 0.3 is 70.3 Å². The molecule has 3 saturated heterocycles. The van der Waals surface area contributed by atoms with E-state index < -0.39 is 180 Å². The Morgan fingerprint density at radius 1 is 0.431 bits per heavy atom. The molecule has 0 aliphatic carbocycles. The van der Waals surface area contributed by atoms with E-state index in [1.165, 1.54) is 0 Å². The summed E-state index contributed by atoms with van der Waals surface area (Å²) in [4.78, 5) is 159. The molecule has 9 rings (SSSR count). The minimum Gasteiger partial charge on any atom is -0.387 e. The number of aromatic nitrogens is 12. The number of hydrogen-bond donors (Lipinski definition) is 27. The fourth-order valence-electron chi connectivity index (χ4n) is 8.76. The topological polar surface area (TPSA) is 959 Å². The summed E-state index contributed by atoms with van der Waals surface area (Å²) in [5.74, 6) is -0.803. The molecule has 6 aromatic rings. The van der Waals surface area contributed by atoms with Crippen LogP contribution in [0.5, 0.6) is 0 Å². The van der Waals surface area contributed by atoms with Gasteiger partial charge in [-0.25, -0.2) is 66.2 Å². The Labute approximate surface area is 607 Å². The standard InChI is InChI=1S/C14H25N6O13P3.C12H22N7O13P3.C10H16N5O14P3.C2H8N2.C2H6/c1-2-3-4-17-34(24,25)32-36(28,29)33-35(26,27)30-5-7-9(21)10(22)13(31-7)20-6-16-8-11(20)18-14(15)19-12(8)23;13-1-2-16-33(23,24)31-35(27,28)32-34(25,26)29-3-5-7(20)8(21)11(30-5)19-4-15-6-9(19)17-12(14)18-10(6)22;11-10-13-7-4(8(18)14-10)12-2-15(7)9-6(17)5(16)3(27-9)1-26-31(22,23)29-32(24,25)28-30(19,20)21;3-1-2-4;1-2/h6-7,9-10,13,21-22H,2-5H2,1H3,(H,26,27)(H,28,29)(H2,17,24,25)(H3,15,18,19,23);4-5,7-8,11,20-21H,1-3,13H2,(H,25,26)(H,27,28)(H2,16,23,24)(H3,14,17,18,22);2-3,5-6,9,16-17H,1H2,(H,22,23)(H,24,25)(H2,19,20,21)(H3,11,13,14,18);1-4H2;1-2H3. The third kappa shape index (κ3) is 27.5. The average Bonchev–Trinajstić information content (AvgIpc) is 1.63. The molecule has 3 aliphatic heterocycles. The van der Waals surface area contributed by atoms with E-state index in [4.69, 9.17) is 63.3 Å². The van der Waals surface area contributed by atoms with Crippen LogP contribution in [0.1, 0.15) is 52.3 Å². The maximum absolute atomic E-state index is 12.1. The second kappa shape index (κ2) is 39.0. The highest BCUT2D eigenvalue weighted by molar-refractivity contribution is 7.68. The molecule has 3 fully saturated rings. The summed E-state index contributed by atoms with van der Waals surface area (Å²) in [5, 5.41) is 65.4. The normalized spacial score (nSPS) is 26.6. The van der Waals surface area contributed by atoms with E-state index in [2.05, 4.69) is 84.3 Å². The summed E-state index contributed by atoms with van der Waals surface area (Å²) in [6.45, 7) is 3.52. The Kier molecular flexibility index (Phi) is 33.9. The van der Waals surface area contributed by atoms with Crippen LogP contribution in [0.3, 0.4) is 0 Å². The molecule has 60 nitrogen and oxygen atoms in total. The van der Waals surface area contributed by atoms with Crippen molar-refractivity contribution in [1.82, 2.24) is 68.7 Å². The molecule has 0 radical (unpaired) electrons. The molecule has 6 aromatic heterocycles. The monoisotopic (exact) mass is 1760 g/mol. The van der Waals surface area contributed by atoms with Crippen molar-refractivity contribution in [1.29, 1.82) is 0 Å². The van der Waals surface area contributed by atoms with Crippen LogP contribution in [0, 0.1) is 0 Å². The second-order valence-corrected chi connectivity index (χ2v) is 35.2. The van der Waals surface area contributed by atoms with Crippen molar-refractivity contribution in [3.63, 3.8) is 0 Å². The number of imidazole rings is 3. The van der Waals surface area contributed by atoms with Crippen LogP contribution in [-0.2, 0) is 94.7 Å². The van der Waals surface area contributed by atoms with E-state index in [1.807, 2.05) is 18.9 Å². The van der Waals surface area contributed by atoms with Crippen LogP contribution in [0.2, 0.25) is 0 Å². The van der Waals surface area contributed by atoms with Crippen molar-refractivity contribution in [3.05, 3.63) is 50.0 Å².